The van der Waals surface area contributed by atoms with Gasteiger partial charge in [-0.2, -0.15) is 10.2 Å². The summed E-state index contributed by atoms with van der Waals surface area (Å²) < 4.78 is 10.3. The Balaban J connectivity index is 1.26. The maximum Gasteiger partial charge on any atom is 0.203 e. The molecule has 0 aliphatic carbocycles. The van der Waals surface area contributed by atoms with Gasteiger partial charge in [-0.15, -0.1) is 22.7 Å². The third-order valence-corrected chi connectivity index (χ3v) is 6.04. The summed E-state index contributed by atoms with van der Waals surface area (Å²) >= 11 is 3.00. The van der Waals surface area contributed by atoms with Crippen LogP contribution in [0.1, 0.15) is 22.5 Å². The number of nitrogens with one attached hydrogen (secondary N) is 2. The Labute approximate surface area is 199 Å². The van der Waals surface area contributed by atoms with Crippen molar-refractivity contribution < 1.29 is 9.47 Å². The molecule has 2 aromatic carbocycles. The van der Waals surface area contributed by atoms with E-state index in [1.54, 1.807) is 26.6 Å². The lowest BCUT2D eigenvalue weighted by Crippen LogP contribution is -1.94. The molecule has 0 amide bonds. The van der Waals surface area contributed by atoms with Crippen LogP contribution in [0.3, 0.4) is 0 Å². The SMILES string of the molecule is COc1ccc(/C=N\Nc2nc(Cc3csc(N/N=C\c4ccc(OC)cc4)n3)cs2)cc1. The Morgan fingerprint density at radius 2 is 1.15 bits per heavy atom. The highest BCUT2D eigenvalue weighted by Gasteiger charge is 2.06. The number of benzene rings is 2. The molecule has 0 atom stereocenters. The molecule has 8 nitrogen and oxygen atoms in total. The fourth-order valence-corrected chi connectivity index (χ4v) is 4.09. The third-order valence-electron chi connectivity index (χ3n) is 4.44. The fourth-order valence-electron chi connectivity index (χ4n) is 2.77. The summed E-state index contributed by atoms with van der Waals surface area (Å²) in [4.78, 5) is 9.13. The smallest absolute Gasteiger partial charge is 0.203 e. The maximum absolute atomic E-state index is 5.15. The highest BCUT2D eigenvalue weighted by molar-refractivity contribution is 7.14. The zero-order valence-corrected chi connectivity index (χ0v) is 19.7. The number of hydrazone groups is 2. The molecule has 0 unspecified atom stereocenters. The lowest BCUT2D eigenvalue weighted by Gasteiger charge is -1.99. The van der Waals surface area contributed by atoms with Crippen LogP contribution in [0.25, 0.3) is 0 Å². The van der Waals surface area contributed by atoms with Crippen molar-refractivity contribution in [2.75, 3.05) is 25.1 Å². The van der Waals surface area contributed by atoms with Crippen LogP contribution in [-0.2, 0) is 6.42 Å². The van der Waals surface area contributed by atoms with E-state index in [0.29, 0.717) is 6.42 Å². The molecule has 0 saturated carbocycles. The molecule has 0 spiro atoms. The minimum absolute atomic E-state index is 0.640. The second-order valence-corrected chi connectivity index (χ2v) is 8.47. The maximum atomic E-state index is 5.15. The van der Waals surface area contributed by atoms with Gasteiger partial charge in [0.25, 0.3) is 0 Å². The molecule has 0 bridgehead atoms. The van der Waals surface area contributed by atoms with Gasteiger partial charge in [0.2, 0.25) is 10.3 Å². The Morgan fingerprint density at radius 1 is 0.727 bits per heavy atom. The Hall–Kier alpha value is -3.76. The Kier molecular flexibility index (Phi) is 7.62. The summed E-state index contributed by atoms with van der Waals surface area (Å²) in [5.41, 5.74) is 9.75. The first kappa shape index (κ1) is 22.4. The van der Waals surface area contributed by atoms with Crippen molar-refractivity contribution >= 4 is 45.4 Å². The molecule has 0 aliphatic rings. The quantitative estimate of drug-likeness (QED) is 0.243. The first-order valence-electron chi connectivity index (χ1n) is 9.97. The molecule has 4 aromatic rings. The normalized spacial score (nSPS) is 11.2. The largest absolute Gasteiger partial charge is 0.497 e. The van der Waals surface area contributed by atoms with E-state index in [-0.39, 0.29) is 0 Å². The average Bonchev–Trinajstić information content (AvgIpc) is 3.49. The molecule has 2 aromatic heterocycles. The number of rotatable bonds is 10. The van der Waals surface area contributed by atoms with Gasteiger partial charge >= 0.3 is 0 Å². The van der Waals surface area contributed by atoms with Gasteiger partial charge in [0.05, 0.1) is 38.0 Å². The number of thiazole rings is 2. The molecule has 10 heteroatoms. The molecule has 2 heterocycles. The third kappa shape index (κ3) is 6.61. The molecule has 0 aliphatic heterocycles. The van der Waals surface area contributed by atoms with Gasteiger partial charge in [0, 0.05) is 17.2 Å². The number of methoxy groups -OCH3 is 2. The molecule has 0 radical (unpaired) electrons. The highest BCUT2D eigenvalue weighted by atomic mass is 32.1. The van der Waals surface area contributed by atoms with Crippen LogP contribution >= 0.6 is 22.7 Å². The summed E-state index contributed by atoms with van der Waals surface area (Å²) in [5.74, 6) is 1.63. The first-order chi connectivity index (χ1) is 16.2. The minimum Gasteiger partial charge on any atom is -0.497 e. The van der Waals surface area contributed by atoms with Crippen molar-refractivity contribution in [1.29, 1.82) is 0 Å². The Bertz CT molecular complexity index is 1120. The van der Waals surface area contributed by atoms with E-state index in [0.717, 1.165) is 44.3 Å². The molecule has 0 saturated heterocycles. The predicted molar refractivity (Wildman–Crippen MR) is 135 cm³/mol. The van der Waals surface area contributed by atoms with E-state index in [1.807, 2.05) is 59.3 Å². The average molecular weight is 479 g/mol. The zero-order valence-electron chi connectivity index (χ0n) is 18.1. The number of nitrogens with zero attached hydrogens (tertiary/aromatic N) is 4. The van der Waals surface area contributed by atoms with Gasteiger partial charge in [0.1, 0.15) is 11.5 Å². The number of ether oxygens (including phenoxy) is 2. The van der Waals surface area contributed by atoms with E-state index < -0.39 is 0 Å². The van der Waals surface area contributed by atoms with E-state index in [4.69, 9.17) is 9.47 Å². The van der Waals surface area contributed by atoms with Gasteiger partial charge in [-0.1, -0.05) is 0 Å². The molecule has 4 rings (SSSR count). The van der Waals surface area contributed by atoms with Crippen LogP contribution in [0.4, 0.5) is 10.3 Å². The summed E-state index contributed by atoms with van der Waals surface area (Å²) in [5, 5.41) is 13.9. The molecule has 2 N–H and O–H groups in total. The van der Waals surface area contributed by atoms with Crippen LogP contribution < -0.4 is 20.3 Å². The van der Waals surface area contributed by atoms with Crippen molar-refractivity contribution in [2.24, 2.45) is 10.2 Å². The molecule has 168 valence electrons. The monoisotopic (exact) mass is 478 g/mol. The van der Waals surface area contributed by atoms with Crippen LogP contribution in [0.15, 0.2) is 69.5 Å². The Morgan fingerprint density at radius 3 is 1.55 bits per heavy atom. The number of hydrogen-bond acceptors (Lipinski definition) is 10. The standard InChI is InChI=1S/C23H22N6O2S2/c1-30-20-7-3-16(4-8-20)12-24-28-22-26-18(14-32-22)11-19-15-33-23(27-19)29-25-13-17-5-9-21(31-2)10-6-17/h3-10,12-15H,11H2,1-2H3,(H,26,28)(H,27,29)/b24-12-,25-13-. The second-order valence-electron chi connectivity index (χ2n) is 6.75. The summed E-state index contributed by atoms with van der Waals surface area (Å²) in [7, 11) is 3.29. The van der Waals surface area contributed by atoms with Gasteiger partial charge < -0.3 is 9.47 Å². The van der Waals surface area contributed by atoms with E-state index in [9.17, 15) is 0 Å². The second kappa shape index (κ2) is 11.2. The van der Waals surface area contributed by atoms with Gasteiger partial charge in [0.15, 0.2) is 0 Å². The summed E-state index contributed by atoms with van der Waals surface area (Å²) in [6.07, 6.45) is 4.12. The van der Waals surface area contributed by atoms with Gasteiger partial charge in [-0.25, -0.2) is 9.97 Å². The van der Waals surface area contributed by atoms with Crippen LogP contribution in [-0.4, -0.2) is 36.6 Å². The highest BCUT2D eigenvalue weighted by Crippen LogP contribution is 2.21. The van der Waals surface area contributed by atoms with E-state index >= 15 is 0 Å². The van der Waals surface area contributed by atoms with Crippen molar-refractivity contribution in [1.82, 2.24) is 9.97 Å². The topological polar surface area (TPSA) is 93.0 Å². The van der Waals surface area contributed by atoms with Crippen molar-refractivity contribution in [3.8, 4) is 11.5 Å². The number of hydrogen-bond donors (Lipinski definition) is 2. The van der Waals surface area contributed by atoms with Crippen molar-refractivity contribution in [2.45, 2.75) is 6.42 Å². The van der Waals surface area contributed by atoms with E-state index in [2.05, 4.69) is 31.0 Å². The fraction of sp³-hybridized carbons (Fsp3) is 0.130. The van der Waals surface area contributed by atoms with Crippen LogP contribution in [0, 0.1) is 0 Å². The van der Waals surface area contributed by atoms with Gasteiger partial charge in [-0.05, 0) is 59.7 Å². The van der Waals surface area contributed by atoms with Gasteiger partial charge in [-0.3, -0.25) is 10.9 Å². The lowest BCUT2D eigenvalue weighted by atomic mass is 10.2. The molecule has 33 heavy (non-hydrogen) atoms. The first-order valence-corrected chi connectivity index (χ1v) is 11.7. The minimum atomic E-state index is 0.640. The molecule has 0 fully saturated rings. The van der Waals surface area contributed by atoms with Crippen molar-refractivity contribution in [3.63, 3.8) is 0 Å². The lowest BCUT2D eigenvalue weighted by molar-refractivity contribution is 0.414. The number of aromatic nitrogens is 2. The summed E-state index contributed by atoms with van der Waals surface area (Å²) in [6, 6.07) is 15.3. The van der Waals surface area contributed by atoms with Crippen LogP contribution in [0.2, 0.25) is 0 Å². The van der Waals surface area contributed by atoms with Crippen LogP contribution in [0.5, 0.6) is 11.5 Å². The molecular weight excluding hydrogens is 456 g/mol. The molecular formula is C23H22N6O2S2. The van der Waals surface area contributed by atoms with E-state index in [1.165, 1.54) is 22.7 Å². The zero-order chi connectivity index (χ0) is 22.9. The van der Waals surface area contributed by atoms with Crippen molar-refractivity contribution in [3.05, 3.63) is 81.8 Å². The number of anilines is 2. The summed E-state index contributed by atoms with van der Waals surface area (Å²) in [6.45, 7) is 0. The predicted octanol–water partition coefficient (Wildman–Crippen LogP) is 5.10.